The molecule has 0 aromatic heterocycles. The highest BCUT2D eigenvalue weighted by molar-refractivity contribution is 5.62. The molecule has 0 saturated heterocycles. The van der Waals surface area contributed by atoms with Gasteiger partial charge in [-0.3, -0.25) is 15.0 Å². The van der Waals surface area contributed by atoms with Crippen LogP contribution in [0.25, 0.3) is 0 Å². The first kappa shape index (κ1) is 17.4. The highest BCUT2D eigenvalue weighted by atomic mass is 16.6. The number of nitrogens with one attached hydrogen (secondary N) is 1. The molecular formula is C15H25N3O3. The second-order valence-corrected chi connectivity index (χ2v) is 5.75. The zero-order valence-corrected chi connectivity index (χ0v) is 13.2. The van der Waals surface area contributed by atoms with Crippen LogP contribution in [-0.2, 0) is 6.54 Å². The first-order valence-electron chi connectivity index (χ1n) is 7.22. The van der Waals surface area contributed by atoms with Crippen LogP contribution in [0.2, 0.25) is 0 Å². The summed E-state index contributed by atoms with van der Waals surface area (Å²) in [7, 11) is 0. The summed E-state index contributed by atoms with van der Waals surface area (Å²) in [6.07, 6.45) is 0. The average molecular weight is 295 g/mol. The third kappa shape index (κ3) is 5.69. The normalized spacial score (nSPS) is 11.7. The fourth-order valence-electron chi connectivity index (χ4n) is 2.25. The van der Waals surface area contributed by atoms with Crippen LogP contribution >= 0.6 is 0 Å². The van der Waals surface area contributed by atoms with E-state index in [1.807, 2.05) is 19.9 Å². The zero-order valence-electron chi connectivity index (χ0n) is 13.2. The van der Waals surface area contributed by atoms with Crippen molar-refractivity contribution in [3.05, 3.63) is 33.9 Å². The molecule has 2 N–H and O–H groups in total. The zero-order chi connectivity index (χ0) is 16.0. The average Bonchev–Trinajstić information content (AvgIpc) is 2.38. The minimum atomic E-state index is -0.786. The Morgan fingerprint density at radius 2 is 2.05 bits per heavy atom. The smallest absolute Gasteiger partial charge is 0.292 e. The number of nitro benzene ring substituents is 1. The number of aliphatic hydroxyl groups is 1. The van der Waals surface area contributed by atoms with Gasteiger partial charge in [-0.1, -0.05) is 13.0 Å². The Morgan fingerprint density at radius 1 is 1.38 bits per heavy atom. The molecule has 1 rings (SSSR count). The van der Waals surface area contributed by atoms with Crippen molar-refractivity contribution in [3.63, 3.8) is 0 Å². The first-order valence-corrected chi connectivity index (χ1v) is 7.22. The van der Waals surface area contributed by atoms with Gasteiger partial charge in [0.25, 0.3) is 5.69 Å². The molecule has 6 heteroatoms. The summed E-state index contributed by atoms with van der Waals surface area (Å²) in [5.41, 5.74) is 0.714. The molecule has 6 nitrogen and oxygen atoms in total. The van der Waals surface area contributed by atoms with Crippen LogP contribution < -0.4 is 5.32 Å². The number of anilines is 1. The summed E-state index contributed by atoms with van der Waals surface area (Å²) in [4.78, 5) is 12.8. The highest BCUT2D eigenvalue weighted by Crippen LogP contribution is 2.26. The van der Waals surface area contributed by atoms with Crippen molar-refractivity contribution in [3.8, 4) is 0 Å². The van der Waals surface area contributed by atoms with E-state index in [1.54, 1.807) is 26.0 Å². The van der Waals surface area contributed by atoms with Crippen molar-refractivity contribution >= 4 is 11.4 Å². The van der Waals surface area contributed by atoms with Crippen molar-refractivity contribution in [1.29, 1.82) is 0 Å². The maximum atomic E-state index is 11.1. The van der Waals surface area contributed by atoms with Gasteiger partial charge in [0.2, 0.25) is 0 Å². The Balaban J connectivity index is 2.93. The van der Waals surface area contributed by atoms with E-state index in [9.17, 15) is 15.2 Å². The van der Waals surface area contributed by atoms with Gasteiger partial charge in [-0.15, -0.1) is 0 Å². The largest absolute Gasteiger partial charge is 0.389 e. The molecule has 21 heavy (non-hydrogen) atoms. The predicted octanol–water partition coefficient (Wildman–Crippen LogP) is 2.62. The molecule has 1 aromatic rings. The Kier molecular flexibility index (Phi) is 6.11. The van der Waals surface area contributed by atoms with Crippen LogP contribution in [0, 0.1) is 10.1 Å². The molecule has 0 aliphatic heterocycles. The van der Waals surface area contributed by atoms with E-state index in [0.29, 0.717) is 25.3 Å². The van der Waals surface area contributed by atoms with Gasteiger partial charge in [0, 0.05) is 25.7 Å². The third-order valence-corrected chi connectivity index (χ3v) is 3.09. The summed E-state index contributed by atoms with van der Waals surface area (Å²) < 4.78 is 0. The lowest BCUT2D eigenvalue weighted by molar-refractivity contribution is -0.384. The molecule has 0 unspecified atom stereocenters. The fraction of sp³-hybridized carbons (Fsp3) is 0.600. The lowest BCUT2D eigenvalue weighted by atomic mass is 10.1. The highest BCUT2D eigenvalue weighted by Gasteiger charge is 2.19. The third-order valence-electron chi connectivity index (χ3n) is 3.09. The quantitative estimate of drug-likeness (QED) is 0.569. The van der Waals surface area contributed by atoms with Gasteiger partial charge in [-0.05, 0) is 38.9 Å². The van der Waals surface area contributed by atoms with Gasteiger partial charge in [0.1, 0.15) is 5.69 Å². The van der Waals surface area contributed by atoms with E-state index >= 15 is 0 Å². The van der Waals surface area contributed by atoms with Crippen molar-refractivity contribution in [1.82, 2.24) is 4.90 Å². The van der Waals surface area contributed by atoms with Gasteiger partial charge < -0.3 is 10.4 Å². The number of likely N-dealkylation sites (N-methyl/N-ethyl adjacent to an activating group) is 1. The lowest BCUT2D eigenvalue weighted by Gasteiger charge is -2.28. The first-order chi connectivity index (χ1) is 9.76. The van der Waals surface area contributed by atoms with Crippen LogP contribution in [0.15, 0.2) is 18.2 Å². The Morgan fingerprint density at radius 3 is 2.52 bits per heavy atom. The van der Waals surface area contributed by atoms with Crippen molar-refractivity contribution in [2.45, 2.75) is 39.8 Å². The van der Waals surface area contributed by atoms with Crippen LogP contribution in [0.4, 0.5) is 11.4 Å². The van der Waals surface area contributed by atoms with Gasteiger partial charge in [-0.25, -0.2) is 0 Å². The van der Waals surface area contributed by atoms with E-state index in [0.717, 1.165) is 12.1 Å². The number of benzene rings is 1. The molecule has 0 radical (unpaired) electrons. The van der Waals surface area contributed by atoms with Crippen molar-refractivity contribution < 1.29 is 10.0 Å². The minimum Gasteiger partial charge on any atom is -0.389 e. The van der Waals surface area contributed by atoms with E-state index in [-0.39, 0.29) is 10.6 Å². The topological polar surface area (TPSA) is 78.6 Å². The molecule has 0 atom stereocenters. The molecule has 0 fully saturated rings. The lowest BCUT2D eigenvalue weighted by Crippen LogP contribution is -2.38. The molecule has 0 aliphatic carbocycles. The maximum Gasteiger partial charge on any atom is 0.292 e. The maximum absolute atomic E-state index is 11.1. The summed E-state index contributed by atoms with van der Waals surface area (Å²) in [5.74, 6) is 0. The SMILES string of the molecule is CCNc1ccc(CN(CC)CC(C)(C)O)cc1[N+](=O)[O-]. The van der Waals surface area contributed by atoms with Crippen LogP contribution in [0.3, 0.4) is 0 Å². The fourth-order valence-corrected chi connectivity index (χ4v) is 2.25. The van der Waals surface area contributed by atoms with Crippen molar-refractivity contribution in [2.75, 3.05) is 25.0 Å². The van der Waals surface area contributed by atoms with Gasteiger partial charge in [0.05, 0.1) is 10.5 Å². The summed E-state index contributed by atoms with van der Waals surface area (Å²) in [6, 6.07) is 5.23. The monoisotopic (exact) mass is 295 g/mol. The summed E-state index contributed by atoms with van der Waals surface area (Å²) in [6.45, 7) is 9.93. The number of hydrogen-bond donors (Lipinski definition) is 2. The molecular weight excluding hydrogens is 270 g/mol. The Hall–Kier alpha value is -1.66. The molecule has 0 bridgehead atoms. The summed E-state index contributed by atoms with van der Waals surface area (Å²) in [5, 5.41) is 24.0. The number of hydrogen-bond acceptors (Lipinski definition) is 5. The van der Waals surface area contributed by atoms with E-state index in [2.05, 4.69) is 10.2 Å². The van der Waals surface area contributed by atoms with E-state index in [4.69, 9.17) is 0 Å². The number of nitro groups is 1. The molecule has 1 aromatic carbocycles. The van der Waals surface area contributed by atoms with E-state index in [1.165, 1.54) is 0 Å². The van der Waals surface area contributed by atoms with Crippen LogP contribution in [0.1, 0.15) is 33.3 Å². The molecule has 118 valence electrons. The van der Waals surface area contributed by atoms with Gasteiger partial charge >= 0.3 is 0 Å². The van der Waals surface area contributed by atoms with E-state index < -0.39 is 5.60 Å². The van der Waals surface area contributed by atoms with Gasteiger partial charge in [-0.2, -0.15) is 0 Å². The second-order valence-electron chi connectivity index (χ2n) is 5.75. The van der Waals surface area contributed by atoms with Crippen LogP contribution in [0.5, 0.6) is 0 Å². The predicted molar refractivity (Wildman–Crippen MR) is 84.5 cm³/mol. The Bertz CT molecular complexity index is 484. The Labute approximate surface area is 125 Å². The number of rotatable bonds is 8. The summed E-state index contributed by atoms with van der Waals surface area (Å²) >= 11 is 0. The minimum absolute atomic E-state index is 0.0914. The molecule has 0 saturated carbocycles. The molecule has 0 spiro atoms. The molecule has 0 aliphatic rings. The standard InChI is InChI=1S/C15H25N3O3/c1-5-16-13-8-7-12(9-14(13)18(20)21)10-17(6-2)11-15(3,4)19/h7-9,16,19H,5-6,10-11H2,1-4H3. The van der Waals surface area contributed by atoms with Crippen molar-refractivity contribution in [2.24, 2.45) is 0 Å². The number of nitrogens with zero attached hydrogens (tertiary/aromatic N) is 2. The molecule has 0 heterocycles. The molecule has 0 amide bonds. The van der Waals surface area contributed by atoms with Crippen LogP contribution in [-0.4, -0.2) is 40.2 Å². The second kappa shape index (κ2) is 7.38. The van der Waals surface area contributed by atoms with Gasteiger partial charge in [0.15, 0.2) is 0 Å².